The fraction of sp³-hybridized carbons (Fsp3) is 0.579. The second-order valence-corrected chi connectivity index (χ2v) is 7.46. The Morgan fingerprint density at radius 3 is 2.52 bits per heavy atom. The van der Waals surface area contributed by atoms with Crippen molar-refractivity contribution < 1.29 is 14.0 Å². The van der Waals surface area contributed by atoms with Gasteiger partial charge in [0.05, 0.1) is 10.9 Å². The van der Waals surface area contributed by atoms with Crippen LogP contribution in [0.3, 0.4) is 0 Å². The van der Waals surface area contributed by atoms with E-state index in [9.17, 15) is 14.0 Å². The standard InChI is InChI=1S/C19H24ClFN2O2/c20-16-11-15(8-9-17(16)21)23-12-13(10-18(23)24)19(25)22-14-6-4-2-1-3-5-7-14/h8-9,11,13-14H,1-7,10,12H2,(H,22,25). The van der Waals surface area contributed by atoms with E-state index in [1.54, 1.807) is 0 Å². The number of hydrogen-bond donors (Lipinski definition) is 1. The van der Waals surface area contributed by atoms with Crippen LogP contribution in [0.4, 0.5) is 10.1 Å². The molecule has 0 bridgehead atoms. The van der Waals surface area contributed by atoms with Gasteiger partial charge >= 0.3 is 0 Å². The van der Waals surface area contributed by atoms with E-state index >= 15 is 0 Å². The monoisotopic (exact) mass is 366 g/mol. The first-order chi connectivity index (χ1) is 12.0. The summed E-state index contributed by atoms with van der Waals surface area (Å²) in [7, 11) is 0. The molecule has 1 N–H and O–H groups in total. The summed E-state index contributed by atoms with van der Waals surface area (Å²) >= 11 is 5.80. The van der Waals surface area contributed by atoms with Gasteiger partial charge in [-0.2, -0.15) is 0 Å². The summed E-state index contributed by atoms with van der Waals surface area (Å²) < 4.78 is 13.3. The second-order valence-electron chi connectivity index (χ2n) is 7.05. The van der Waals surface area contributed by atoms with Crippen molar-refractivity contribution in [3.8, 4) is 0 Å². The SMILES string of the molecule is O=C(NC1CCCCCCC1)C1CC(=O)N(c2ccc(F)c(Cl)c2)C1. The number of hydrogen-bond acceptors (Lipinski definition) is 2. The van der Waals surface area contributed by atoms with Crippen LogP contribution < -0.4 is 10.2 Å². The summed E-state index contributed by atoms with van der Waals surface area (Å²) in [6.45, 7) is 0.319. The number of nitrogens with zero attached hydrogens (tertiary/aromatic N) is 1. The molecule has 0 spiro atoms. The summed E-state index contributed by atoms with van der Waals surface area (Å²) in [5.41, 5.74) is 0.539. The lowest BCUT2D eigenvalue weighted by atomic mass is 9.96. The van der Waals surface area contributed by atoms with Crippen molar-refractivity contribution >= 4 is 29.1 Å². The molecule has 1 heterocycles. The van der Waals surface area contributed by atoms with Gasteiger partial charge in [-0.1, -0.05) is 43.7 Å². The number of anilines is 1. The number of nitrogens with one attached hydrogen (secondary N) is 1. The Bertz CT molecular complexity index is 644. The zero-order valence-corrected chi connectivity index (χ0v) is 15.0. The normalized spacial score (nSPS) is 22.6. The topological polar surface area (TPSA) is 49.4 Å². The van der Waals surface area contributed by atoms with E-state index in [-0.39, 0.29) is 35.2 Å². The predicted octanol–water partition coefficient (Wildman–Crippen LogP) is 4.06. The van der Waals surface area contributed by atoms with Gasteiger partial charge < -0.3 is 10.2 Å². The summed E-state index contributed by atoms with van der Waals surface area (Å²) in [6, 6.07) is 4.42. The van der Waals surface area contributed by atoms with Gasteiger partial charge in [0.15, 0.2) is 0 Å². The van der Waals surface area contributed by atoms with Crippen LogP contribution >= 0.6 is 11.6 Å². The third-order valence-electron chi connectivity index (χ3n) is 5.16. The molecule has 1 aromatic carbocycles. The highest BCUT2D eigenvalue weighted by Gasteiger charge is 2.36. The number of carbonyl (C=O) groups excluding carboxylic acids is 2. The zero-order chi connectivity index (χ0) is 17.8. The lowest BCUT2D eigenvalue weighted by Gasteiger charge is -2.23. The molecule has 1 saturated heterocycles. The van der Waals surface area contributed by atoms with Gasteiger partial charge in [0.25, 0.3) is 0 Å². The van der Waals surface area contributed by atoms with Crippen molar-refractivity contribution in [3.05, 3.63) is 29.0 Å². The van der Waals surface area contributed by atoms with Crippen molar-refractivity contribution in [1.82, 2.24) is 5.32 Å². The number of halogens is 2. The Labute approximate surface area is 152 Å². The maximum atomic E-state index is 13.3. The molecule has 136 valence electrons. The maximum Gasteiger partial charge on any atom is 0.227 e. The first-order valence-electron chi connectivity index (χ1n) is 9.10. The largest absolute Gasteiger partial charge is 0.353 e. The van der Waals surface area contributed by atoms with Gasteiger partial charge in [-0.05, 0) is 31.0 Å². The van der Waals surface area contributed by atoms with Crippen LogP contribution in [0, 0.1) is 11.7 Å². The minimum absolute atomic E-state index is 0.0206. The molecular formula is C19H24ClFN2O2. The summed E-state index contributed by atoms with van der Waals surface area (Å²) in [6.07, 6.45) is 8.26. The molecule has 1 aliphatic carbocycles. The highest BCUT2D eigenvalue weighted by atomic mass is 35.5. The second kappa shape index (κ2) is 8.17. The molecule has 4 nitrogen and oxygen atoms in total. The van der Waals surface area contributed by atoms with E-state index in [1.165, 1.54) is 42.4 Å². The number of carbonyl (C=O) groups is 2. The van der Waals surface area contributed by atoms with Crippen molar-refractivity contribution in [2.24, 2.45) is 5.92 Å². The van der Waals surface area contributed by atoms with E-state index < -0.39 is 5.82 Å². The molecule has 25 heavy (non-hydrogen) atoms. The molecular weight excluding hydrogens is 343 g/mol. The van der Waals surface area contributed by atoms with Gasteiger partial charge in [0.2, 0.25) is 11.8 Å². The number of amides is 2. The Balaban J connectivity index is 1.61. The molecule has 1 unspecified atom stereocenters. The molecule has 2 fully saturated rings. The van der Waals surface area contributed by atoms with Crippen LogP contribution in [0.2, 0.25) is 5.02 Å². The van der Waals surface area contributed by atoms with Gasteiger partial charge in [-0.25, -0.2) is 4.39 Å². The Kier molecular flexibility index (Phi) is 5.94. The minimum Gasteiger partial charge on any atom is -0.353 e. The average Bonchev–Trinajstić information content (AvgIpc) is 2.94. The van der Waals surface area contributed by atoms with Gasteiger partial charge in [-0.15, -0.1) is 0 Å². The van der Waals surface area contributed by atoms with Crippen LogP contribution in [0.5, 0.6) is 0 Å². The lowest BCUT2D eigenvalue weighted by Crippen LogP contribution is -2.40. The van der Waals surface area contributed by atoms with Crippen molar-refractivity contribution in [2.75, 3.05) is 11.4 Å². The first kappa shape index (κ1) is 18.2. The van der Waals surface area contributed by atoms with E-state index in [0.717, 1.165) is 25.7 Å². The molecule has 1 aliphatic heterocycles. The predicted molar refractivity (Wildman–Crippen MR) is 96.1 cm³/mol. The molecule has 6 heteroatoms. The quantitative estimate of drug-likeness (QED) is 0.876. The Morgan fingerprint density at radius 1 is 1.16 bits per heavy atom. The molecule has 1 aromatic rings. The van der Waals surface area contributed by atoms with Crippen LogP contribution in [-0.2, 0) is 9.59 Å². The molecule has 3 rings (SSSR count). The Morgan fingerprint density at radius 2 is 1.84 bits per heavy atom. The molecule has 0 aromatic heterocycles. The molecule has 1 saturated carbocycles. The van der Waals surface area contributed by atoms with E-state index in [4.69, 9.17) is 11.6 Å². The van der Waals surface area contributed by atoms with Crippen LogP contribution in [0.15, 0.2) is 18.2 Å². The smallest absolute Gasteiger partial charge is 0.227 e. The fourth-order valence-corrected chi connectivity index (χ4v) is 3.88. The van der Waals surface area contributed by atoms with E-state index in [0.29, 0.717) is 12.2 Å². The van der Waals surface area contributed by atoms with E-state index in [2.05, 4.69) is 5.32 Å². The third-order valence-corrected chi connectivity index (χ3v) is 5.45. The molecule has 2 aliphatic rings. The van der Waals surface area contributed by atoms with Crippen molar-refractivity contribution in [2.45, 2.75) is 57.4 Å². The number of benzene rings is 1. The Hall–Kier alpha value is -1.62. The molecule has 1 atom stereocenters. The molecule has 0 radical (unpaired) electrons. The lowest BCUT2D eigenvalue weighted by molar-refractivity contribution is -0.127. The highest BCUT2D eigenvalue weighted by molar-refractivity contribution is 6.31. The van der Waals surface area contributed by atoms with Gasteiger partial charge in [-0.3, -0.25) is 9.59 Å². The summed E-state index contributed by atoms with van der Waals surface area (Å²) in [5.74, 6) is -1.05. The fourth-order valence-electron chi connectivity index (χ4n) is 3.71. The third kappa shape index (κ3) is 4.51. The summed E-state index contributed by atoms with van der Waals surface area (Å²) in [5, 5.41) is 3.12. The average molecular weight is 367 g/mol. The van der Waals surface area contributed by atoms with Gasteiger partial charge in [0, 0.05) is 24.7 Å². The van der Waals surface area contributed by atoms with Crippen LogP contribution in [0.25, 0.3) is 0 Å². The summed E-state index contributed by atoms with van der Waals surface area (Å²) in [4.78, 5) is 26.4. The highest BCUT2D eigenvalue weighted by Crippen LogP contribution is 2.29. The van der Waals surface area contributed by atoms with Gasteiger partial charge in [0.1, 0.15) is 5.82 Å². The van der Waals surface area contributed by atoms with E-state index in [1.807, 2.05) is 0 Å². The zero-order valence-electron chi connectivity index (χ0n) is 14.3. The minimum atomic E-state index is -0.518. The van der Waals surface area contributed by atoms with Crippen LogP contribution in [-0.4, -0.2) is 24.4 Å². The molecule has 2 amide bonds. The first-order valence-corrected chi connectivity index (χ1v) is 9.48. The van der Waals surface area contributed by atoms with Crippen LogP contribution in [0.1, 0.15) is 51.4 Å². The maximum absolute atomic E-state index is 13.3. The van der Waals surface area contributed by atoms with Crippen molar-refractivity contribution in [3.63, 3.8) is 0 Å². The number of rotatable bonds is 3. The van der Waals surface area contributed by atoms with Crippen molar-refractivity contribution in [1.29, 1.82) is 0 Å².